The lowest BCUT2D eigenvalue weighted by Gasteiger charge is -2.37. The van der Waals surface area contributed by atoms with E-state index in [2.05, 4.69) is 92.8 Å². The highest BCUT2D eigenvalue weighted by atomic mass is 31.2. The maximum absolute atomic E-state index is 12.8. The Bertz CT molecular complexity index is 2830. The van der Waals surface area contributed by atoms with Crippen LogP contribution in [0.4, 0.5) is 11.6 Å². The van der Waals surface area contributed by atoms with Crippen LogP contribution in [0.15, 0.2) is 86.0 Å². The fraction of sp³-hybridized carbons (Fsp3) is 0.554. The molecule has 5 aliphatic rings. The lowest BCUT2D eigenvalue weighted by Crippen LogP contribution is -2.35. The summed E-state index contributed by atoms with van der Waals surface area (Å²) in [7, 11) is -1.34. The number of rotatable bonds is 14. The first kappa shape index (κ1) is 58.8. The second kappa shape index (κ2) is 27.6. The smallest absolute Gasteiger partial charge is 0.259 e. The molecule has 5 fully saturated rings. The van der Waals surface area contributed by atoms with Gasteiger partial charge in [0, 0.05) is 61.1 Å². The fourth-order valence-electron chi connectivity index (χ4n) is 10.9. The first-order valence-corrected chi connectivity index (χ1v) is 27.9. The summed E-state index contributed by atoms with van der Waals surface area (Å²) in [6.07, 6.45) is 11.5. The lowest BCUT2D eigenvalue weighted by atomic mass is 10.0. The molecule has 21 heteroatoms. The number of nitrogens with one attached hydrogen (secondary N) is 2. The molecule has 4 aromatic heterocycles. The van der Waals surface area contributed by atoms with Gasteiger partial charge >= 0.3 is 0 Å². The van der Waals surface area contributed by atoms with Crippen LogP contribution >= 0.6 is 8.53 Å². The number of hydrogen-bond acceptors (Lipinski definition) is 16. The molecule has 3 saturated heterocycles. The van der Waals surface area contributed by atoms with Crippen LogP contribution in [-0.4, -0.2) is 117 Å². The molecule has 0 radical (unpaired) electrons. The number of nitriles is 1. The van der Waals surface area contributed by atoms with E-state index in [4.69, 9.17) is 28.5 Å². The minimum absolute atomic E-state index is 0. The van der Waals surface area contributed by atoms with Gasteiger partial charge in [-0.2, -0.15) is 5.26 Å². The van der Waals surface area contributed by atoms with Crippen LogP contribution in [0, 0.1) is 35.0 Å². The highest BCUT2D eigenvalue weighted by Gasteiger charge is 2.52. The molecule has 11 atom stereocenters. The Hall–Kier alpha value is -5.88. The number of amides is 2. The zero-order chi connectivity index (χ0) is 53.9. The van der Waals surface area contributed by atoms with Crippen LogP contribution in [0.5, 0.6) is 0 Å². The van der Waals surface area contributed by atoms with Crippen molar-refractivity contribution in [1.82, 2.24) is 43.7 Å². The largest absolute Gasteiger partial charge is 0.393 e. The maximum Gasteiger partial charge on any atom is 0.259 e. The van der Waals surface area contributed by atoms with Gasteiger partial charge < -0.3 is 39.0 Å². The number of aliphatic hydroxyl groups is 1. The molecule has 20 nitrogen and oxygen atoms in total. The number of carbonyl (C=O) groups is 2. The van der Waals surface area contributed by atoms with E-state index in [1.807, 2.05) is 59.4 Å². The highest BCUT2D eigenvalue weighted by molar-refractivity contribution is 7.44. The van der Waals surface area contributed by atoms with Gasteiger partial charge in [0.1, 0.15) is 25.1 Å². The van der Waals surface area contributed by atoms with Gasteiger partial charge in [0.25, 0.3) is 20.3 Å². The van der Waals surface area contributed by atoms with E-state index in [1.54, 1.807) is 36.9 Å². The molecular weight excluding hydrogens is 1000 g/mol. The van der Waals surface area contributed by atoms with Gasteiger partial charge in [-0.15, -0.1) is 0 Å². The van der Waals surface area contributed by atoms with Crippen molar-refractivity contribution >= 4 is 54.3 Å². The van der Waals surface area contributed by atoms with Crippen molar-refractivity contribution in [2.45, 2.75) is 157 Å². The molecule has 2 saturated carbocycles. The quantitative estimate of drug-likeness (QED) is 0.0679. The van der Waals surface area contributed by atoms with Crippen LogP contribution in [-0.2, 0) is 23.3 Å². The normalized spacial score (nSPS) is 25.4. The summed E-state index contributed by atoms with van der Waals surface area (Å²) in [5.74, 6) is 1.17. The Balaban J connectivity index is 0.000000206. The molecule has 3 aliphatic heterocycles. The van der Waals surface area contributed by atoms with E-state index >= 15 is 0 Å². The van der Waals surface area contributed by atoms with Gasteiger partial charge in [0.15, 0.2) is 34.0 Å². The van der Waals surface area contributed by atoms with Crippen LogP contribution in [0.3, 0.4) is 0 Å². The minimum Gasteiger partial charge on any atom is -0.393 e. The van der Waals surface area contributed by atoms with Crippen LogP contribution in [0.1, 0.15) is 141 Å². The van der Waals surface area contributed by atoms with E-state index in [9.17, 15) is 14.7 Å². The van der Waals surface area contributed by atoms with Gasteiger partial charge in [-0.25, -0.2) is 34.6 Å². The Morgan fingerprint density at radius 3 is 1.68 bits per heavy atom. The van der Waals surface area contributed by atoms with Gasteiger partial charge in [-0.1, -0.05) is 71.5 Å². The zero-order valence-corrected chi connectivity index (χ0v) is 45.7. The average Bonchev–Trinajstić information content (AvgIpc) is 4.31. The molecule has 77 heavy (non-hydrogen) atoms. The number of hydrogen-bond donors (Lipinski definition) is 3. The average molecular weight is 1080 g/mol. The Morgan fingerprint density at radius 1 is 0.740 bits per heavy atom. The van der Waals surface area contributed by atoms with Crippen LogP contribution in [0.25, 0.3) is 22.3 Å². The SMILES string of the molecule is C.C1CCOC1.CC.CC(C)N(C(C)C)P(OCCC#N)O[C@@H]1C[C@@H](C)[C@H]2O[C@@H](n3cnc4c(NC(=O)c5ccccc5)ncnc43)C[C@H]21.C[C@@H]1C[C@@H](O)[C@@H]2C[C@H](n3cnc4c(NC(=O)c5ccccc5)ncnc43)O[C@@H]21. The molecule has 2 amide bonds. The van der Waals surface area contributed by atoms with Crippen molar-refractivity contribution in [3.8, 4) is 6.07 Å². The number of aliphatic hydroxyl groups excluding tert-OH is 1. The molecule has 3 N–H and O–H groups in total. The number of carbonyl (C=O) groups excluding carboxylic acids is 2. The fourth-order valence-corrected chi connectivity index (χ4v) is 12.7. The van der Waals surface area contributed by atoms with Gasteiger partial charge in [-0.05, 0) is 89.5 Å². The Kier molecular flexibility index (Phi) is 21.1. The molecule has 414 valence electrons. The summed E-state index contributed by atoms with van der Waals surface area (Å²) in [5, 5.41) is 25.0. The van der Waals surface area contributed by atoms with Crippen molar-refractivity contribution in [2.24, 2.45) is 23.7 Å². The number of aromatic nitrogens is 8. The van der Waals surface area contributed by atoms with Crippen molar-refractivity contribution in [2.75, 3.05) is 30.5 Å². The summed E-state index contributed by atoms with van der Waals surface area (Å²) in [4.78, 5) is 51.5. The maximum atomic E-state index is 12.8. The molecule has 2 aliphatic carbocycles. The number of nitrogens with zero attached hydrogens (tertiary/aromatic N) is 10. The molecule has 0 bridgehead atoms. The second-order valence-electron chi connectivity index (χ2n) is 20.1. The Morgan fingerprint density at radius 2 is 1.22 bits per heavy atom. The van der Waals surface area contributed by atoms with E-state index in [0.29, 0.717) is 70.0 Å². The molecule has 1 unspecified atom stereocenters. The predicted octanol–water partition coefficient (Wildman–Crippen LogP) is 10.5. The first-order chi connectivity index (χ1) is 36.9. The summed E-state index contributed by atoms with van der Waals surface area (Å²) >= 11 is 0. The van der Waals surface area contributed by atoms with Crippen LogP contribution < -0.4 is 10.6 Å². The second-order valence-corrected chi connectivity index (χ2v) is 21.6. The van der Waals surface area contributed by atoms with Crippen molar-refractivity contribution in [3.05, 3.63) is 97.1 Å². The number of ether oxygens (including phenoxy) is 3. The molecule has 2 aromatic carbocycles. The first-order valence-electron chi connectivity index (χ1n) is 26.8. The van der Waals surface area contributed by atoms with Gasteiger partial charge in [-0.3, -0.25) is 18.7 Å². The number of anilines is 2. The predicted molar refractivity (Wildman–Crippen MR) is 295 cm³/mol. The third kappa shape index (κ3) is 13.7. The molecule has 0 spiro atoms. The third-order valence-corrected chi connectivity index (χ3v) is 16.5. The highest BCUT2D eigenvalue weighted by Crippen LogP contribution is 2.55. The topological polar surface area (TPSA) is 239 Å². The summed E-state index contributed by atoms with van der Waals surface area (Å²) < 4.78 is 36.8. The monoisotopic (exact) mass is 1080 g/mol. The minimum atomic E-state index is -1.34. The number of imidazole rings is 2. The zero-order valence-electron chi connectivity index (χ0n) is 44.8. The van der Waals surface area contributed by atoms with E-state index in [1.165, 1.54) is 25.5 Å². The van der Waals surface area contributed by atoms with Crippen molar-refractivity contribution in [1.29, 1.82) is 5.26 Å². The van der Waals surface area contributed by atoms with E-state index < -0.39 is 8.53 Å². The number of fused-ring (bicyclic) bond motifs is 4. The van der Waals surface area contributed by atoms with E-state index in [0.717, 1.165) is 38.9 Å². The van der Waals surface area contributed by atoms with Crippen molar-refractivity contribution < 1.29 is 38.0 Å². The molecular formula is C56H77N12O8P. The molecule has 7 heterocycles. The van der Waals surface area contributed by atoms with Gasteiger partial charge in [0.05, 0.1) is 56.2 Å². The standard InChI is InChI=1S/C29H38N7O4P.C20H21N5O3.C4H8O.C2H6.CH4/c1-18(2)36(19(3)4)41(38-13-9-12-30)40-23-14-20(5)26-22(23)15-24(39-26)35-17-33-25-27(31-16-32-28(25)35)34-29(37)21-10-7-6-8-11-21;1-11-7-14(26)13-8-15(28-17(11)13)25-10-23-16-18(21-9-22-19(16)25)24-20(27)12-5-3-2-4-6-12;1-2-4-5-3-1;1-2;/h6-8,10-11,16-20,22-24,26H,9,13-15H2,1-5H3,(H,31,32,34,37);2-6,9-11,13-15,17,26H,7-8H2,1H3,(H,21,22,24,27);1-4H2;1-2H3;1H4/t20-,22+,23-,24-,26-,41?;11-,13+,14-,15-,17-;;;/m11.../s1. The summed E-state index contributed by atoms with van der Waals surface area (Å²) in [6.45, 7) is 19.2. The molecule has 6 aromatic rings. The van der Waals surface area contributed by atoms with Gasteiger partial charge in [0.2, 0.25) is 0 Å². The summed E-state index contributed by atoms with van der Waals surface area (Å²) in [6, 6.07) is 20.6. The molecule has 11 rings (SSSR count). The number of benzene rings is 2. The third-order valence-electron chi connectivity index (χ3n) is 14.3. The Labute approximate surface area is 453 Å². The lowest BCUT2D eigenvalue weighted by molar-refractivity contribution is -0.0180. The van der Waals surface area contributed by atoms with Crippen molar-refractivity contribution in [3.63, 3.8) is 0 Å². The summed E-state index contributed by atoms with van der Waals surface area (Å²) in [5.41, 5.74) is 3.31. The van der Waals surface area contributed by atoms with Crippen LogP contribution in [0.2, 0.25) is 0 Å². The van der Waals surface area contributed by atoms with E-state index in [-0.39, 0.29) is 80.0 Å².